The molecule has 1 saturated heterocycles. The average Bonchev–Trinajstić information content (AvgIpc) is 3.20. The van der Waals surface area contributed by atoms with E-state index in [0.29, 0.717) is 18.5 Å². The number of benzene rings is 2. The molecule has 1 aliphatic rings. The second-order valence-electron chi connectivity index (χ2n) is 7.12. The number of carbonyl (C=O) groups excluding carboxylic acids is 1. The van der Waals surface area contributed by atoms with Gasteiger partial charge in [-0.2, -0.15) is 0 Å². The third-order valence-corrected chi connectivity index (χ3v) is 4.98. The van der Waals surface area contributed by atoms with Crippen molar-refractivity contribution in [3.05, 3.63) is 59.7 Å². The lowest BCUT2D eigenvalue weighted by molar-refractivity contribution is 0.0879. The van der Waals surface area contributed by atoms with E-state index in [1.807, 2.05) is 42.5 Å². The molecule has 27 heavy (non-hydrogen) atoms. The molecule has 0 bridgehead atoms. The van der Waals surface area contributed by atoms with Crippen molar-refractivity contribution in [3.63, 3.8) is 0 Å². The SMILES string of the molecule is O=C(NC[C@H](O)CN1CCCC1)c1cccc(-c2ccc(CCO)cc2)c1. The molecule has 0 saturated carbocycles. The van der Waals surface area contributed by atoms with E-state index in [0.717, 1.165) is 29.8 Å². The lowest BCUT2D eigenvalue weighted by atomic mass is 10.0. The van der Waals surface area contributed by atoms with E-state index in [2.05, 4.69) is 10.2 Å². The standard InChI is InChI=1S/C22H28N2O3/c25-13-10-17-6-8-18(9-7-17)19-4-3-5-20(14-19)22(27)23-15-21(26)16-24-11-1-2-12-24/h3-9,14,21,25-26H,1-2,10-13,15-16H2,(H,23,27)/t21-/m0/s1. The zero-order valence-corrected chi connectivity index (χ0v) is 15.6. The molecule has 0 aliphatic carbocycles. The van der Waals surface area contributed by atoms with Gasteiger partial charge in [-0.15, -0.1) is 0 Å². The summed E-state index contributed by atoms with van der Waals surface area (Å²) < 4.78 is 0. The van der Waals surface area contributed by atoms with Crippen molar-refractivity contribution in [1.29, 1.82) is 0 Å². The fourth-order valence-electron chi connectivity index (χ4n) is 3.47. The van der Waals surface area contributed by atoms with Gasteiger partial charge in [0.15, 0.2) is 0 Å². The average molecular weight is 368 g/mol. The number of amides is 1. The van der Waals surface area contributed by atoms with Crippen molar-refractivity contribution in [1.82, 2.24) is 10.2 Å². The minimum atomic E-state index is -0.547. The third kappa shape index (κ3) is 5.63. The third-order valence-electron chi connectivity index (χ3n) is 4.98. The van der Waals surface area contributed by atoms with Gasteiger partial charge in [-0.3, -0.25) is 4.79 Å². The van der Waals surface area contributed by atoms with Crippen LogP contribution in [0.5, 0.6) is 0 Å². The molecule has 1 fully saturated rings. The number of nitrogens with one attached hydrogen (secondary N) is 1. The molecular weight excluding hydrogens is 340 g/mol. The highest BCUT2D eigenvalue weighted by Gasteiger charge is 2.16. The Balaban J connectivity index is 1.58. The summed E-state index contributed by atoms with van der Waals surface area (Å²) in [4.78, 5) is 14.7. The summed E-state index contributed by atoms with van der Waals surface area (Å²) in [5.74, 6) is -0.172. The van der Waals surface area contributed by atoms with Crippen LogP contribution in [-0.2, 0) is 6.42 Å². The molecule has 2 aromatic carbocycles. The Labute approximate surface area is 160 Å². The van der Waals surface area contributed by atoms with Crippen LogP contribution in [0.1, 0.15) is 28.8 Å². The van der Waals surface area contributed by atoms with Crippen LogP contribution >= 0.6 is 0 Å². The molecule has 2 aromatic rings. The summed E-state index contributed by atoms with van der Waals surface area (Å²) in [6.07, 6.45) is 2.47. The van der Waals surface area contributed by atoms with Gasteiger partial charge in [0, 0.05) is 25.3 Å². The largest absolute Gasteiger partial charge is 0.396 e. The van der Waals surface area contributed by atoms with E-state index in [9.17, 15) is 9.90 Å². The van der Waals surface area contributed by atoms with Crippen LogP contribution in [0.25, 0.3) is 11.1 Å². The minimum Gasteiger partial charge on any atom is -0.396 e. The number of aliphatic hydroxyl groups excluding tert-OH is 2. The Morgan fingerprint density at radius 3 is 2.52 bits per heavy atom. The molecule has 0 radical (unpaired) electrons. The molecule has 5 heteroatoms. The molecule has 0 spiro atoms. The predicted octanol–water partition coefficient (Wildman–Crippen LogP) is 2.07. The predicted molar refractivity (Wildman–Crippen MR) is 107 cm³/mol. The van der Waals surface area contributed by atoms with Crippen LogP contribution in [0.3, 0.4) is 0 Å². The number of likely N-dealkylation sites (tertiary alicyclic amines) is 1. The van der Waals surface area contributed by atoms with Crippen LogP contribution in [0.4, 0.5) is 0 Å². The Kier molecular flexibility index (Phi) is 6.98. The Hall–Kier alpha value is -2.21. The minimum absolute atomic E-state index is 0.138. The molecule has 3 rings (SSSR count). The van der Waals surface area contributed by atoms with Crippen molar-refractivity contribution < 1.29 is 15.0 Å². The summed E-state index contributed by atoms with van der Waals surface area (Å²) in [5.41, 5.74) is 3.67. The van der Waals surface area contributed by atoms with Crippen LogP contribution < -0.4 is 5.32 Å². The summed E-state index contributed by atoms with van der Waals surface area (Å²) >= 11 is 0. The van der Waals surface area contributed by atoms with Gasteiger partial charge in [-0.25, -0.2) is 0 Å². The normalized spacial score (nSPS) is 15.6. The first-order valence-corrected chi connectivity index (χ1v) is 9.64. The first kappa shape index (κ1) is 19.5. The van der Waals surface area contributed by atoms with Crippen molar-refractivity contribution in [3.8, 4) is 11.1 Å². The summed E-state index contributed by atoms with van der Waals surface area (Å²) in [6, 6.07) is 15.5. The van der Waals surface area contributed by atoms with E-state index < -0.39 is 6.10 Å². The molecule has 0 aromatic heterocycles. The van der Waals surface area contributed by atoms with Gasteiger partial charge < -0.3 is 20.4 Å². The number of rotatable bonds is 8. The van der Waals surface area contributed by atoms with E-state index >= 15 is 0 Å². The highest BCUT2D eigenvalue weighted by Crippen LogP contribution is 2.21. The molecule has 5 nitrogen and oxygen atoms in total. The molecule has 1 amide bonds. The van der Waals surface area contributed by atoms with Gasteiger partial charge >= 0.3 is 0 Å². The lowest BCUT2D eigenvalue weighted by Gasteiger charge is -2.19. The van der Waals surface area contributed by atoms with Crippen LogP contribution in [-0.4, -0.2) is 59.9 Å². The Morgan fingerprint density at radius 2 is 1.81 bits per heavy atom. The molecule has 144 valence electrons. The molecule has 1 aliphatic heterocycles. The number of β-amino-alcohol motifs (C(OH)–C–C–N with tert-alkyl or cyclic N) is 1. The zero-order valence-electron chi connectivity index (χ0n) is 15.6. The smallest absolute Gasteiger partial charge is 0.251 e. The Bertz CT molecular complexity index is 739. The first-order valence-electron chi connectivity index (χ1n) is 9.64. The van der Waals surface area contributed by atoms with Crippen molar-refractivity contribution in [2.24, 2.45) is 0 Å². The number of nitrogens with zero attached hydrogens (tertiary/aromatic N) is 1. The maximum Gasteiger partial charge on any atom is 0.251 e. The molecule has 1 atom stereocenters. The highest BCUT2D eigenvalue weighted by atomic mass is 16.3. The van der Waals surface area contributed by atoms with E-state index in [-0.39, 0.29) is 19.1 Å². The molecular formula is C22H28N2O3. The van der Waals surface area contributed by atoms with Gasteiger partial charge in [0.2, 0.25) is 0 Å². The second kappa shape index (κ2) is 9.65. The Morgan fingerprint density at radius 1 is 1.07 bits per heavy atom. The maximum atomic E-state index is 12.4. The van der Waals surface area contributed by atoms with Gasteiger partial charge in [0.1, 0.15) is 0 Å². The van der Waals surface area contributed by atoms with E-state index in [4.69, 9.17) is 5.11 Å². The summed E-state index contributed by atoms with van der Waals surface area (Å²) in [5, 5.41) is 22.0. The van der Waals surface area contributed by atoms with E-state index in [1.54, 1.807) is 6.07 Å². The van der Waals surface area contributed by atoms with Gasteiger partial charge in [0.25, 0.3) is 5.91 Å². The van der Waals surface area contributed by atoms with Crippen LogP contribution in [0.15, 0.2) is 48.5 Å². The maximum absolute atomic E-state index is 12.4. The lowest BCUT2D eigenvalue weighted by Crippen LogP contribution is -2.39. The van der Waals surface area contributed by atoms with Crippen molar-refractivity contribution >= 4 is 5.91 Å². The van der Waals surface area contributed by atoms with Crippen molar-refractivity contribution in [2.75, 3.05) is 32.8 Å². The van der Waals surface area contributed by atoms with Crippen LogP contribution in [0.2, 0.25) is 0 Å². The fourth-order valence-corrected chi connectivity index (χ4v) is 3.47. The summed E-state index contributed by atoms with van der Waals surface area (Å²) in [6.45, 7) is 3.07. The fraction of sp³-hybridized carbons (Fsp3) is 0.409. The van der Waals surface area contributed by atoms with Gasteiger partial charge in [-0.05, 0) is 61.2 Å². The molecule has 0 unspecified atom stereocenters. The summed E-state index contributed by atoms with van der Waals surface area (Å²) in [7, 11) is 0. The number of hydrogen-bond donors (Lipinski definition) is 3. The topological polar surface area (TPSA) is 72.8 Å². The zero-order chi connectivity index (χ0) is 19.1. The molecule has 1 heterocycles. The van der Waals surface area contributed by atoms with Gasteiger partial charge in [0.05, 0.1) is 6.10 Å². The second-order valence-corrected chi connectivity index (χ2v) is 7.12. The van der Waals surface area contributed by atoms with Crippen molar-refractivity contribution in [2.45, 2.75) is 25.4 Å². The monoisotopic (exact) mass is 368 g/mol. The molecule has 3 N–H and O–H groups in total. The number of carbonyl (C=O) groups is 1. The van der Waals surface area contributed by atoms with E-state index in [1.165, 1.54) is 12.8 Å². The first-order chi connectivity index (χ1) is 13.2. The van der Waals surface area contributed by atoms with Gasteiger partial charge in [-0.1, -0.05) is 36.4 Å². The number of aliphatic hydroxyl groups is 2. The quantitative estimate of drug-likeness (QED) is 0.667. The highest BCUT2D eigenvalue weighted by molar-refractivity contribution is 5.95. The number of hydrogen-bond acceptors (Lipinski definition) is 4. The van der Waals surface area contributed by atoms with Crippen LogP contribution in [0, 0.1) is 0 Å².